The summed E-state index contributed by atoms with van der Waals surface area (Å²) in [5.41, 5.74) is 8.01. The SMILES string of the molecule is Cc1c(C(N)=O)cc(-c2ccc(F)c(Cl)c2)n1C. The molecule has 0 aliphatic carbocycles. The lowest BCUT2D eigenvalue weighted by Crippen LogP contribution is -2.11. The molecule has 18 heavy (non-hydrogen) atoms. The Morgan fingerprint density at radius 3 is 2.56 bits per heavy atom. The number of halogens is 2. The van der Waals surface area contributed by atoms with E-state index in [0.29, 0.717) is 5.56 Å². The Bertz CT molecular complexity index is 634. The van der Waals surface area contributed by atoms with Gasteiger partial charge in [0.15, 0.2) is 0 Å². The van der Waals surface area contributed by atoms with Crippen LogP contribution < -0.4 is 5.73 Å². The number of aromatic nitrogens is 1. The Balaban J connectivity index is 2.61. The maximum absolute atomic E-state index is 13.1. The molecule has 1 heterocycles. The van der Waals surface area contributed by atoms with Gasteiger partial charge in [-0.25, -0.2) is 4.39 Å². The highest BCUT2D eigenvalue weighted by atomic mass is 35.5. The van der Waals surface area contributed by atoms with Crippen LogP contribution in [0.2, 0.25) is 5.02 Å². The van der Waals surface area contributed by atoms with Crippen molar-refractivity contribution in [1.82, 2.24) is 4.57 Å². The second-order valence-corrected chi connectivity index (χ2v) is 4.49. The van der Waals surface area contributed by atoms with Crippen molar-refractivity contribution >= 4 is 17.5 Å². The molecule has 0 radical (unpaired) electrons. The minimum Gasteiger partial charge on any atom is -0.366 e. The van der Waals surface area contributed by atoms with Crippen molar-refractivity contribution in [2.24, 2.45) is 12.8 Å². The zero-order chi connectivity index (χ0) is 13.4. The number of nitrogens with zero attached hydrogens (tertiary/aromatic N) is 1. The molecule has 2 rings (SSSR count). The molecular formula is C13H12ClFN2O. The highest BCUT2D eigenvalue weighted by molar-refractivity contribution is 6.31. The fourth-order valence-corrected chi connectivity index (χ4v) is 2.06. The molecule has 0 atom stereocenters. The first-order valence-electron chi connectivity index (χ1n) is 5.33. The Morgan fingerprint density at radius 2 is 2.06 bits per heavy atom. The van der Waals surface area contributed by atoms with E-state index in [1.807, 2.05) is 11.6 Å². The predicted molar refractivity (Wildman–Crippen MR) is 69.1 cm³/mol. The van der Waals surface area contributed by atoms with E-state index < -0.39 is 11.7 Å². The second-order valence-electron chi connectivity index (χ2n) is 4.08. The Morgan fingerprint density at radius 1 is 1.39 bits per heavy atom. The maximum atomic E-state index is 13.1. The van der Waals surface area contributed by atoms with Gasteiger partial charge in [0.25, 0.3) is 5.91 Å². The van der Waals surface area contributed by atoms with Crippen molar-refractivity contribution in [3.63, 3.8) is 0 Å². The third-order valence-electron chi connectivity index (χ3n) is 3.02. The van der Waals surface area contributed by atoms with Crippen LogP contribution in [0.1, 0.15) is 16.1 Å². The summed E-state index contributed by atoms with van der Waals surface area (Å²) in [5.74, 6) is -0.955. The van der Waals surface area contributed by atoms with Gasteiger partial charge in [-0.05, 0) is 36.8 Å². The molecule has 1 aromatic carbocycles. The molecule has 0 aliphatic heterocycles. The summed E-state index contributed by atoms with van der Waals surface area (Å²) in [4.78, 5) is 11.3. The van der Waals surface area contributed by atoms with Crippen LogP contribution in [-0.4, -0.2) is 10.5 Å². The topological polar surface area (TPSA) is 48.0 Å². The minimum absolute atomic E-state index is 0.0481. The van der Waals surface area contributed by atoms with Gasteiger partial charge < -0.3 is 10.3 Å². The third kappa shape index (κ3) is 1.99. The van der Waals surface area contributed by atoms with E-state index in [9.17, 15) is 9.18 Å². The fraction of sp³-hybridized carbons (Fsp3) is 0.154. The van der Waals surface area contributed by atoms with Crippen LogP contribution in [0.5, 0.6) is 0 Å². The summed E-state index contributed by atoms with van der Waals surface area (Å²) in [5, 5.41) is 0.0481. The molecule has 1 amide bonds. The molecule has 0 spiro atoms. The number of primary amides is 1. The van der Waals surface area contributed by atoms with Gasteiger partial charge in [-0.1, -0.05) is 11.6 Å². The molecule has 3 nitrogen and oxygen atoms in total. The van der Waals surface area contributed by atoms with E-state index >= 15 is 0 Å². The van der Waals surface area contributed by atoms with Gasteiger partial charge in [-0.3, -0.25) is 4.79 Å². The number of hydrogen-bond acceptors (Lipinski definition) is 1. The van der Waals surface area contributed by atoms with E-state index in [1.54, 1.807) is 19.1 Å². The molecule has 5 heteroatoms. The van der Waals surface area contributed by atoms with Crippen LogP contribution in [0.3, 0.4) is 0 Å². The van der Waals surface area contributed by atoms with Gasteiger partial charge in [-0.2, -0.15) is 0 Å². The van der Waals surface area contributed by atoms with Crippen molar-refractivity contribution < 1.29 is 9.18 Å². The Hall–Kier alpha value is -1.81. The first-order valence-corrected chi connectivity index (χ1v) is 5.71. The van der Waals surface area contributed by atoms with Gasteiger partial charge in [-0.15, -0.1) is 0 Å². The van der Waals surface area contributed by atoms with Gasteiger partial charge in [0, 0.05) is 18.4 Å². The lowest BCUT2D eigenvalue weighted by Gasteiger charge is -2.06. The third-order valence-corrected chi connectivity index (χ3v) is 3.31. The predicted octanol–water partition coefficient (Wildman–Crippen LogP) is 2.89. The van der Waals surface area contributed by atoms with Crippen LogP contribution in [0.4, 0.5) is 4.39 Å². The van der Waals surface area contributed by atoms with E-state index in [4.69, 9.17) is 17.3 Å². The molecular weight excluding hydrogens is 255 g/mol. The smallest absolute Gasteiger partial charge is 0.250 e. The molecule has 2 N–H and O–H groups in total. The van der Waals surface area contributed by atoms with E-state index in [0.717, 1.165) is 17.0 Å². The largest absolute Gasteiger partial charge is 0.366 e. The lowest BCUT2D eigenvalue weighted by atomic mass is 10.1. The standard InChI is InChI=1S/C13H12ClFN2O/c1-7-9(13(16)18)6-12(17(7)2)8-3-4-11(15)10(14)5-8/h3-6H,1-2H3,(H2,16,18). The first kappa shape index (κ1) is 12.6. The van der Waals surface area contributed by atoms with Crippen LogP contribution >= 0.6 is 11.6 Å². The average Bonchev–Trinajstić information content (AvgIpc) is 2.60. The van der Waals surface area contributed by atoms with Crippen LogP contribution in [0, 0.1) is 12.7 Å². The Labute approximate surface area is 109 Å². The van der Waals surface area contributed by atoms with Crippen molar-refractivity contribution in [3.05, 3.63) is 46.4 Å². The van der Waals surface area contributed by atoms with Crippen molar-refractivity contribution in [3.8, 4) is 11.3 Å². The van der Waals surface area contributed by atoms with Crippen LogP contribution in [0.15, 0.2) is 24.3 Å². The van der Waals surface area contributed by atoms with Crippen LogP contribution in [0.25, 0.3) is 11.3 Å². The van der Waals surface area contributed by atoms with Crippen molar-refractivity contribution in [2.45, 2.75) is 6.92 Å². The minimum atomic E-state index is -0.484. The van der Waals surface area contributed by atoms with Gasteiger partial charge in [0.2, 0.25) is 0 Å². The number of amides is 1. The highest BCUT2D eigenvalue weighted by Gasteiger charge is 2.15. The number of benzene rings is 1. The monoisotopic (exact) mass is 266 g/mol. The first-order chi connectivity index (χ1) is 8.41. The van der Waals surface area contributed by atoms with E-state index in [1.165, 1.54) is 12.1 Å². The molecule has 0 saturated heterocycles. The quantitative estimate of drug-likeness (QED) is 0.893. The van der Waals surface area contributed by atoms with Crippen LogP contribution in [-0.2, 0) is 7.05 Å². The summed E-state index contributed by atoms with van der Waals surface area (Å²) < 4.78 is 14.9. The summed E-state index contributed by atoms with van der Waals surface area (Å²) in [6.07, 6.45) is 0. The number of carbonyl (C=O) groups excluding carboxylic acids is 1. The summed E-state index contributed by atoms with van der Waals surface area (Å²) in [7, 11) is 1.81. The molecule has 1 aromatic heterocycles. The normalized spacial score (nSPS) is 10.7. The van der Waals surface area contributed by atoms with E-state index in [-0.39, 0.29) is 5.02 Å². The summed E-state index contributed by atoms with van der Waals surface area (Å²) in [6.45, 7) is 1.80. The molecule has 0 fully saturated rings. The van der Waals surface area contributed by atoms with Crippen molar-refractivity contribution in [1.29, 1.82) is 0 Å². The highest BCUT2D eigenvalue weighted by Crippen LogP contribution is 2.28. The lowest BCUT2D eigenvalue weighted by molar-refractivity contribution is 0.0999. The number of carbonyl (C=O) groups is 1. The molecule has 0 aliphatic rings. The summed E-state index contributed by atoms with van der Waals surface area (Å²) in [6, 6.07) is 6.11. The molecule has 0 saturated carbocycles. The van der Waals surface area contributed by atoms with Crippen molar-refractivity contribution in [2.75, 3.05) is 0 Å². The van der Waals surface area contributed by atoms with Gasteiger partial charge in [0.05, 0.1) is 10.6 Å². The molecule has 2 aromatic rings. The fourth-order valence-electron chi connectivity index (χ4n) is 1.88. The molecule has 94 valence electrons. The summed E-state index contributed by atoms with van der Waals surface area (Å²) >= 11 is 5.75. The maximum Gasteiger partial charge on any atom is 0.250 e. The zero-order valence-electron chi connectivity index (χ0n) is 10.00. The number of hydrogen-bond donors (Lipinski definition) is 1. The number of nitrogens with two attached hydrogens (primary N) is 1. The number of rotatable bonds is 2. The van der Waals surface area contributed by atoms with E-state index in [2.05, 4.69) is 0 Å². The molecule has 0 bridgehead atoms. The van der Waals surface area contributed by atoms with Gasteiger partial charge >= 0.3 is 0 Å². The Kier molecular flexibility index (Phi) is 3.13. The van der Waals surface area contributed by atoms with Gasteiger partial charge in [0.1, 0.15) is 5.82 Å². The average molecular weight is 267 g/mol. The zero-order valence-corrected chi connectivity index (χ0v) is 10.8. The second kappa shape index (κ2) is 4.46. The molecule has 0 unspecified atom stereocenters.